The Hall–Kier alpha value is -1.39. The SMILES string of the molecule is CC(C)NCC[C@@](CCN1CCCCC1)(C(N)=O)c1ccccc1. The van der Waals surface area contributed by atoms with Gasteiger partial charge in [-0.2, -0.15) is 0 Å². The van der Waals surface area contributed by atoms with Crippen molar-refractivity contribution in [2.24, 2.45) is 5.73 Å². The van der Waals surface area contributed by atoms with Gasteiger partial charge in [-0.1, -0.05) is 50.6 Å². The van der Waals surface area contributed by atoms with Crippen LogP contribution in [0.15, 0.2) is 30.3 Å². The number of nitrogens with zero attached hydrogens (tertiary/aromatic N) is 1. The predicted octanol–water partition coefficient (Wildman–Crippen LogP) is 2.67. The van der Waals surface area contributed by atoms with Crippen LogP contribution in [0.1, 0.15) is 51.5 Å². The zero-order valence-electron chi connectivity index (χ0n) is 15.3. The maximum Gasteiger partial charge on any atom is 0.228 e. The molecule has 0 bridgehead atoms. The lowest BCUT2D eigenvalue weighted by atomic mass is 9.74. The van der Waals surface area contributed by atoms with Crippen LogP contribution in [-0.2, 0) is 10.2 Å². The van der Waals surface area contributed by atoms with Gasteiger partial charge in [-0.05, 0) is 57.4 Å². The predicted molar refractivity (Wildman–Crippen MR) is 100.0 cm³/mol. The highest BCUT2D eigenvalue weighted by molar-refractivity contribution is 5.86. The molecule has 0 spiro atoms. The molecule has 1 atom stereocenters. The average Bonchev–Trinajstić information content (AvgIpc) is 2.59. The third kappa shape index (κ3) is 5.05. The van der Waals surface area contributed by atoms with Gasteiger partial charge in [0.25, 0.3) is 0 Å². The third-order valence-electron chi connectivity index (χ3n) is 5.21. The number of benzene rings is 1. The second-order valence-corrected chi connectivity index (χ2v) is 7.32. The van der Waals surface area contributed by atoms with E-state index in [1.54, 1.807) is 0 Å². The van der Waals surface area contributed by atoms with Crippen LogP contribution in [0.5, 0.6) is 0 Å². The first kappa shape index (κ1) is 18.9. The van der Waals surface area contributed by atoms with Crippen LogP contribution in [0.3, 0.4) is 0 Å². The molecule has 1 amide bonds. The lowest BCUT2D eigenvalue weighted by Crippen LogP contribution is -2.46. The van der Waals surface area contributed by atoms with Crippen LogP contribution in [0.25, 0.3) is 0 Å². The van der Waals surface area contributed by atoms with E-state index < -0.39 is 5.41 Å². The monoisotopic (exact) mass is 331 g/mol. The van der Waals surface area contributed by atoms with E-state index in [9.17, 15) is 4.79 Å². The fourth-order valence-corrected chi connectivity index (χ4v) is 3.67. The number of rotatable bonds is 9. The maximum atomic E-state index is 12.5. The van der Waals surface area contributed by atoms with Crippen LogP contribution >= 0.6 is 0 Å². The van der Waals surface area contributed by atoms with Crippen molar-refractivity contribution in [3.8, 4) is 0 Å². The lowest BCUT2D eigenvalue weighted by Gasteiger charge is -2.35. The van der Waals surface area contributed by atoms with E-state index in [2.05, 4.69) is 36.2 Å². The summed E-state index contributed by atoms with van der Waals surface area (Å²) in [6, 6.07) is 10.5. The molecular weight excluding hydrogens is 298 g/mol. The van der Waals surface area contributed by atoms with Crippen LogP contribution in [0, 0.1) is 0 Å². The number of amides is 1. The molecule has 1 fully saturated rings. The molecular formula is C20H33N3O. The second kappa shape index (κ2) is 9.19. The second-order valence-electron chi connectivity index (χ2n) is 7.32. The Balaban J connectivity index is 2.15. The van der Waals surface area contributed by atoms with E-state index in [1.165, 1.54) is 19.3 Å². The van der Waals surface area contributed by atoms with E-state index >= 15 is 0 Å². The molecule has 1 aromatic rings. The van der Waals surface area contributed by atoms with E-state index in [-0.39, 0.29) is 5.91 Å². The van der Waals surface area contributed by atoms with Crippen molar-refractivity contribution in [3.05, 3.63) is 35.9 Å². The zero-order chi connectivity index (χ0) is 17.4. The van der Waals surface area contributed by atoms with E-state index in [1.807, 2.05) is 18.2 Å². The molecule has 0 radical (unpaired) electrons. The van der Waals surface area contributed by atoms with E-state index in [4.69, 9.17) is 5.73 Å². The molecule has 1 aliphatic heterocycles. The first-order valence-electron chi connectivity index (χ1n) is 9.36. The van der Waals surface area contributed by atoms with Gasteiger partial charge < -0.3 is 16.0 Å². The van der Waals surface area contributed by atoms with Gasteiger partial charge in [0.05, 0.1) is 5.41 Å². The largest absolute Gasteiger partial charge is 0.369 e. The normalized spacial score (nSPS) is 18.5. The van der Waals surface area contributed by atoms with Crippen LogP contribution in [0.2, 0.25) is 0 Å². The van der Waals surface area contributed by atoms with Gasteiger partial charge in [0.1, 0.15) is 0 Å². The first-order valence-corrected chi connectivity index (χ1v) is 9.36. The van der Waals surface area contributed by atoms with Gasteiger partial charge in [-0.15, -0.1) is 0 Å². The Morgan fingerprint density at radius 2 is 1.83 bits per heavy atom. The standard InChI is InChI=1S/C20H33N3O/c1-17(2)22-13-11-20(19(21)24,18-9-5-3-6-10-18)12-16-23-14-7-4-8-15-23/h3,5-6,9-10,17,22H,4,7-8,11-16H2,1-2H3,(H2,21,24)/t20-/m0/s1. The number of likely N-dealkylation sites (tertiary alicyclic amines) is 1. The molecule has 1 aromatic carbocycles. The third-order valence-corrected chi connectivity index (χ3v) is 5.21. The first-order chi connectivity index (χ1) is 11.5. The Kier molecular flexibility index (Phi) is 7.25. The molecule has 3 N–H and O–H groups in total. The summed E-state index contributed by atoms with van der Waals surface area (Å²) in [5.74, 6) is -0.198. The molecule has 1 aliphatic rings. The lowest BCUT2D eigenvalue weighted by molar-refractivity contribution is -0.124. The summed E-state index contributed by atoms with van der Waals surface area (Å²) in [4.78, 5) is 15.0. The van der Waals surface area contributed by atoms with Crippen molar-refractivity contribution in [2.75, 3.05) is 26.2 Å². The van der Waals surface area contributed by atoms with Gasteiger partial charge in [0.2, 0.25) is 5.91 Å². The number of carbonyl (C=O) groups excluding carboxylic acids is 1. The number of nitrogens with one attached hydrogen (secondary N) is 1. The molecule has 1 saturated heterocycles. The molecule has 2 rings (SSSR count). The van der Waals surface area contributed by atoms with Crippen molar-refractivity contribution in [3.63, 3.8) is 0 Å². The van der Waals surface area contributed by atoms with Gasteiger partial charge >= 0.3 is 0 Å². The van der Waals surface area contributed by atoms with Crippen LogP contribution in [0.4, 0.5) is 0 Å². The topological polar surface area (TPSA) is 58.4 Å². The maximum absolute atomic E-state index is 12.5. The highest BCUT2D eigenvalue weighted by Crippen LogP contribution is 2.32. The minimum Gasteiger partial charge on any atom is -0.369 e. The van der Waals surface area contributed by atoms with Gasteiger partial charge in [-0.25, -0.2) is 0 Å². The Bertz CT molecular complexity index is 497. The molecule has 0 aliphatic carbocycles. The number of hydrogen-bond donors (Lipinski definition) is 2. The summed E-state index contributed by atoms with van der Waals surface area (Å²) < 4.78 is 0. The molecule has 0 saturated carbocycles. The molecule has 4 nitrogen and oxygen atoms in total. The minimum absolute atomic E-state index is 0.198. The summed E-state index contributed by atoms with van der Waals surface area (Å²) in [5, 5.41) is 3.44. The van der Waals surface area contributed by atoms with Gasteiger partial charge in [-0.3, -0.25) is 4.79 Å². The molecule has 4 heteroatoms. The fourth-order valence-electron chi connectivity index (χ4n) is 3.67. The Labute approximate surface area is 146 Å². The summed E-state index contributed by atoms with van der Waals surface area (Å²) in [6.07, 6.45) is 5.41. The Morgan fingerprint density at radius 3 is 2.42 bits per heavy atom. The summed E-state index contributed by atoms with van der Waals surface area (Å²) in [7, 11) is 0. The molecule has 134 valence electrons. The molecule has 1 heterocycles. The smallest absolute Gasteiger partial charge is 0.228 e. The van der Waals surface area contributed by atoms with Crippen molar-refractivity contribution in [1.29, 1.82) is 0 Å². The number of carbonyl (C=O) groups is 1. The van der Waals surface area contributed by atoms with Crippen LogP contribution in [-0.4, -0.2) is 43.0 Å². The summed E-state index contributed by atoms with van der Waals surface area (Å²) in [6.45, 7) is 8.29. The minimum atomic E-state index is -0.583. The fraction of sp³-hybridized carbons (Fsp3) is 0.650. The molecule has 0 unspecified atom stereocenters. The quantitative estimate of drug-likeness (QED) is 0.731. The van der Waals surface area contributed by atoms with Crippen molar-refractivity contribution in [2.45, 2.75) is 57.4 Å². The Morgan fingerprint density at radius 1 is 1.17 bits per heavy atom. The van der Waals surface area contributed by atoms with Crippen molar-refractivity contribution < 1.29 is 4.79 Å². The van der Waals surface area contributed by atoms with Crippen LogP contribution < -0.4 is 11.1 Å². The van der Waals surface area contributed by atoms with E-state index in [0.29, 0.717) is 6.04 Å². The van der Waals surface area contributed by atoms with Crippen molar-refractivity contribution >= 4 is 5.91 Å². The zero-order valence-corrected chi connectivity index (χ0v) is 15.3. The summed E-state index contributed by atoms with van der Waals surface area (Å²) >= 11 is 0. The highest BCUT2D eigenvalue weighted by atomic mass is 16.1. The molecule has 24 heavy (non-hydrogen) atoms. The van der Waals surface area contributed by atoms with Crippen molar-refractivity contribution in [1.82, 2.24) is 10.2 Å². The average molecular weight is 332 g/mol. The number of piperidine rings is 1. The highest BCUT2D eigenvalue weighted by Gasteiger charge is 2.38. The molecule has 0 aromatic heterocycles. The van der Waals surface area contributed by atoms with E-state index in [0.717, 1.165) is 44.6 Å². The van der Waals surface area contributed by atoms with Gasteiger partial charge in [0, 0.05) is 6.04 Å². The number of hydrogen-bond acceptors (Lipinski definition) is 3. The number of nitrogens with two attached hydrogens (primary N) is 1. The van der Waals surface area contributed by atoms with Gasteiger partial charge in [0.15, 0.2) is 0 Å². The summed E-state index contributed by atoms with van der Waals surface area (Å²) in [5.41, 5.74) is 6.42. The number of primary amides is 1.